The largest absolute Gasteiger partial charge is 0.433 e. The second kappa shape index (κ2) is 8.58. The molecule has 19 heavy (non-hydrogen) atoms. The van der Waals surface area contributed by atoms with E-state index < -0.39 is 6.09 Å². The van der Waals surface area contributed by atoms with Crippen LogP contribution in [-0.2, 0) is 10.6 Å². The molecular weight excluding hydrogens is 260 g/mol. The first-order valence-corrected chi connectivity index (χ1v) is 7.22. The summed E-state index contributed by atoms with van der Waals surface area (Å²) in [7, 11) is 1.51. The summed E-state index contributed by atoms with van der Waals surface area (Å²) in [5.41, 5.74) is 1.23. The third-order valence-corrected chi connectivity index (χ3v) is 3.32. The minimum absolute atomic E-state index is 0.468. The summed E-state index contributed by atoms with van der Waals surface area (Å²) in [6.07, 6.45) is 0.260. The van der Waals surface area contributed by atoms with Crippen molar-refractivity contribution in [2.75, 3.05) is 7.05 Å². The van der Waals surface area contributed by atoms with Crippen LogP contribution in [0, 0.1) is 5.92 Å². The number of hydrogen-bond acceptors (Lipinski definition) is 4. The van der Waals surface area contributed by atoms with E-state index in [9.17, 15) is 4.79 Å². The fourth-order valence-electron chi connectivity index (χ4n) is 1.35. The van der Waals surface area contributed by atoms with Gasteiger partial charge in [-0.05, 0) is 11.5 Å². The Hall–Kier alpha value is -1.49. The molecule has 0 saturated heterocycles. The van der Waals surface area contributed by atoms with Gasteiger partial charge in [0, 0.05) is 19.2 Å². The van der Waals surface area contributed by atoms with E-state index in [-0.39, 0.29) is 0 Å². The first kappa shape index (κ1) is 15.6. The van der Waals surface area contributed by atoms with Gasteiger partial charge in [0.2, 0.25) is 0 Å². The Kier molecular flexibility index (Phi) is 7.03. The summed E-state index contributed by atoms with van der Waals surface area (Å²) in [4.78, 5) is 15.8. The van der Waals surface area contributed by atoms with Crippen LogP contribution in [0.4, 0.5) is 4.79 Å². The molecule has 0 aromatic heterocycles. The molecule has 0 aliphatic carbocycles. The molecule has 5 heteroatoms. The molecule has 0 aliphatic heterocycles. The zero-order chi connectivity index (χ0) is 14.1. The fraction of sp³-hybridized carbons (Fsp3) is 0.429. The number of nitrogens with one attached hydrogen (secondary N) is 1. The number of carbonyl (C=O) groups is 1. The van der Waals surface area contributed by atoms with Crippen molar-refractivity contribution in [3.63, 3.8) is 0 Å². The van der Waals surface area contributed by atoms with Gasteiger partial charge in [0.25, 0.3) is 0 Å². The molecule has 4 nitrogen and oxygen atoms in total. The van der Waals surface area contributed by atoms with Crippen molar-refractivity contribution >= 4 is 22.9 Å². The minimum atomic E-state index is -0.540. The van der Waals surface area contributed by atoms with Crippen LogP contribution in [0.1, 0.15) is 25.8 Å². The van der Waals surface area contributed by atoms with Crippen molar-refractivity contribution in [2.45, 2.75) is 26.0 Å². The molecule has 0 fully saturated rings. The van der Waals surface area contributed by atoms with Crippen LogP contribution in [-0.4, -0.2) is 18.2 Å². The summed E-state index contributed by atoms with van der Waals surface area (Å²) < 4.78 is 0. The van der Waals surface area contributed by atoms with Gasteiger partial charge in [-0.15, -0.1) is 11.8 Å². The molecule has 0 bridgehead atoms. The Labute approximate surface area is 118 Å². The normalized spacial score (nSPS) is 11.5. The van der Waals surface area contributed by atoms with Gasteiger partial charge in [-0.2, -0.15) is 0 Å². The highest BCUT2D eigenvalue weighted by molar-refractivity contribution is 8.13. The first-order valence-electron chi connectivity index (χ1n) is 6.24. The summed E-state index contributed by atoms with van der Waals surface area (Å²) in [5.74, 6) is 1.29. The quantitative estimate of drug-likeness (QED) is 0.388. The maximum Gasteiger partial charge on any atom is 0.433 e. The van der Waals surface area contributed by atoms with Crippen LogP contribution < -0.4 is 5.32 Å². The average Bonchev–Trinajstić information content (AvgIpc) is 2.42. The summed E-state index contributed by atoms with van der Waals surface area (Å²) >= 11 is 1.60. The smallest absolute Gasteiger partial charge is 0.323 e. The Morgan fingerprint density at radius 3 is 2.63 bits per heavy atom. The molecule has 104 valence electrons. The van der Waals surface area contributed by atoms with Gasteiger partial charge in [0.05, 0.1) is 0 Å². The Morgan fingerprint density at radius 1 is 1.37 bits per heavy atom. The van der Waals surface area contributed by atoms with Crippen LogP contribution in [0.25, 0.3) is 0 Å². The van der Waals surface area contributed by atoms with Crippen molar-refractivity contribution in [1.29, 1.82) is 0 Å². The lowest BCUT2D eigenvalue weighted by Gasteiger charge is -2.08. The van der Waals surface area contributed by atoms with Crippen molar-refractivity contribution in [3.8, 4) is 0 Å². The predicted molar refractivity (Wildman–Crippen MR) is 80.2 cm³/mol. The lowest BCUT2D eigenvalue weighted by molar-refractivity contribution is 0.153. The second-order valence-corrected chi connectivity index (χ2v) is 5.53. The monoisotopic (exact) mass is 280 g/mol. The zero-order valence-corrected chi connectivity index (χ0v) is 12.4. The van der Waals surface area contributed by atoms with E-state index in [4.69, 9.17) is 4.84 Å². The van der Waals surface area contributed by atoms with Gasteiger partial charge < -0.3 is 5.32 Å². The molecule has 0 saturated carbocycles. The number of carbonyl (C=O) groups excluding carboxylic acids is 1. The van der Waals surface area contributed by atoms with E-state index in [1.165, 1.54) is 12.6 Å². The highest BCUT2D eigenvalue weighted by Crippen LogP contribution is 2.18. The van der Waals surface area contributed by atoms with Crippen LogP contribution in [0.3, 0.4) is 0 Å². The third kappa shape index (κ3) is 6.86. The topological polar surface area (TPSA) is 50.7 Å². The van der Waals surface area contributed by atoms with Crippen LogP contribution in [0.15, 0.2) is 35.5 Å². The summed E-state index contributed by atoms with van der Waals surface area (Å²) in [5, 5.41) is 7.12. The fourth-order valence-corrected chi connectivity index (χ4v) is 2.42. The van der Waals surface area contributed by atoms with Crippen LogP contribution in [0.2, 0.25) is 0 Å². The number of thioether (sulfide) groups is 1. The molecule has 0 unspecified atom stereocenters. The van der Waals surface area contributed by atoms with Gasteiger partial charge in [-0.25, -0.2) is 4.79 Å². The summed E-state index contributed by atoms with van der Waals surface area (Å²) in [6.45, 7) is 4.22. The van der Waals surface area contributed by atoms with Crippen molar-refractivity contribution in [3.05, 3.63) is 35.9 Å². The molecule has 1 amide bonds. The van der Waals surface area contributed by atoms with Gasteiger partial charge in [-0.3, -0.25) is 4.84 Å². The standard InChI is InChI=1S/C14H20N2O2S/c1-11(2)9-13(16-18-14(17)15-3)19-10-12-7-5-4-6-8-12/h4-8,11H,9-10H2,1-3H3,(H,15,17). The third-order valence-electron chi connectivity index (χ3n) is 2.27. The number of nitrogens with zero attached hydrogens (tertiary/aromatic N) is 1. The Morgan fingerprint density at radius 2 is 2.05 bits per heavy atom. The molecule has 0 atom stereocenters. The van der Waals surface area contributed by atoms with Gasteiger partial charge >= 0.3 is 6.09 Å². The van der Waals surface area contributed by atoms with E-state index in [2.05, 4.69) is 36.5 Å². The van der Waals surface area contributed by atoms with E-state index in [0.717, 1.165) is 17.2 Å². The number of amides is 1. The second-order valence-electron chi connectivity index (χ2n) is 4.49. The molecule has 1 N–H and O–H groups in total. The lowest BCUT2D eigenvalue weighted by Crippen LogP contribution is -2.17. The molecule has 1 aromatic rings. The predicted octanol–water partition coefficient (Wildman–Crippen LogP) is 3.64. The highest BCUT2D eigenvalue weighted by atomic mass is 32.2. The maximum atomic E-state index is 11.0. The Balaban J connectivity index is 2.56. The molecule has 0 aliphatic rings. The molecule has 1 rings (SSSR count). The highest BCUT2D eigenvalue weighted by Gasteiger charge is 2.07. The van der Waals surface area contributed by atoms with E-state index in [0.29, 0.717) is 5.92 Å². The van der Waals surface area contributed by atoms with Crippen LogP contribution in [0.5, 0.6) is 0 Å². The van der Waals surface area contributed by atoms with Gasteiger partial charge in [-0.1, -0.05) is 49.3 Å². The van der Waals surface area contributed by atoms with Gasteiger partial charge in [0.15, 0.2) is 0 Å². The average molecular weight is 280 g/mol. The molecular formula is C14H20N2O2S. The van der Waals surface area contributed by atoms with Gasteiger partial charge in [0.1, 0.15) is 5.04 Å². The molecule has 1 aromatic carbocycles. The number of benzene rings is 1. The molecule has 0 radical (unpaired) electrons. The summed E-state index contributed by atoms with van der Waals surface area (Å²) in [6, 6.07) is 10.2. The van der Waals surface area contributed by atoms with Crippen molar-refractivity contribution in [2.24, 2.45) is 11.1 Å². The maximum absolute atomic E-state index is 11.0. The van der Waals surface area contributed by atoms with E-state index >= 15 is 0 Å². The lowest BCUT2D eigenvalue weighted by atomic mass is 10.1. The number of hydrogen-bond donors (Lipinski definition) is 1. The first-order chi connectivity index (χ1) is 9.11. The number of rotatable bonds is 5. The SMILES string of the molecule is CNC(=O)ON=C(CC(C)C)SCc1ccccc1. The molecule has 0 heterocycles. The minimum Gasteiger partial charge on any atom is -0.323 e. The van der Waals surface area contributed by atoms with Crippen LogP contribution >= 0.6 is 11.8 Å². The van der Waals surface area contributed by atoms with E-state index in [1.807, 2.05) is 18.2 Å². The van der Waals surface area contributed by atoms with E-state index in [1.54, 1.807) is 11.8 Å². The molecule has 0 spiro atoms. The van der Waals surface area contributed by atoms with Crippen molar-refractivity contribution < 1.29 is 9.63 Å². The Bertz CT molecular complexity index is 419. The van der Waals surface area contributed by atoms with Crippen molar-refractivity contribution in [1.82, 2.24) is 5.32 Å². The zero-order valence-electron chi connectivity index (χ0n) is 11.6. The number of oxime groups is 1.